The molecule has 1 aliphatic heterocycles. The van der Waals surface area contributed by atoms with Crippen molar-refractivity contribution in [2.45, 2.75) is 50.5 Å². The largest absolute Gasteiger partial charge is 0.484 e. The van der Waals surface area contributed by atoms with Crippen LogP contribution in [0, 0.1) is 6.92 Å². The molecule has 0 saturated carbocycles. The van der Waals surface area contributed by atoms with Crippen molar-refractivity contribution >= 4 is 21.6 Å². The molecule has 4 rings (SSSR count). The lowest BCUT2D eigenvalue weighted by molar-refractivity contribution is -0.123. The van der Waals surface area contributed by atoms with Crippen LogP contribution in [-0.2, 0) is 27.7 Å². The second kappa shape index (κ2) is 11.0. The number of sulfonamides is 1. The molecule has 1 heterocycles. The number of para-hydroxylation sites is 1. The van der Waals surface area contributed by atoms with Crippen LogP contribution < -0.4 is 14.4 Å². The summed E-state index contributed by atoms with van der Waals surface area (Å²) in [7, 11) is -3.69. The number of carbonyl (C=O) groups excluding carboxylic acids is 1. The van der Waals surface area contributed by atoms with Crippen LogP contribution in [0.25, 0.3) is 0 Å². The van der Waals surface area contributed by atoms with Crippen molar-refractivity contribution in [1.82, 2.24) is 5.32 Å². The van der Waals surface area contributed by atoms with E-state index in [0.29, 0.717) is 17.9 Å². The van der Waals surface area contributed by atoms with Crippen LogP contribution in [-0.4, -0.2) is 33.5 Å². The van der Waals surface area contributed by atoms with E-state index in [4.69, 9.17) is 4.74 Å². The first-order valence-electron chi connectivity index (χ1n) is 12.0. The van der Waals surface area contributed by atoms with E-state index in [1.165, 1.54) is 9.87 Å². The van der Waals surface area contributed by atoms with Crippen molar-refractivity contribution in [3.63, 3.8) is 0 Å². The number of nitrogens with one attached hydrogen (secondary N) is 1. The minimum absolute atomic E-state index is 0.0207. The maximum absolute atomic E-state index is 13.4. The molecular formula is C28H32N2O4S. The molecule has 0 aromatic heterocycles. The highest BCUT2D eigenvalue weighted by Gasteiger charge is 2.29. The first-order chi connectivity index (χ1) is 16.8. The molecule has 3 aromatic rings. The number of aryl methyl sites for hydroxylation is 3. The second-order valence-corrected chi connectivity index (χ2v) is 10.9. The van der Waals surface area contributed by atoms with Gasteiger partial charge in [-0.2, -0.15) is 0 Å². The fourth-order valence-corrected chi connectivity index (χ4v) is 6.01. The molecule has 1 atom stereocenters. The molecule has 35 heavy (non-hydrogen) atoms. The van der Waals surface area contributed by atoms with Crippen LogP contribution in [0.15, 0.2) is 77.7 Å². The van der Waals surface area contributed by atoms with Gasteiger partial charge in [0, 0.05) is 12.6 Å². The van der Waals surface area contributed by atoms with Crippen molar-refractivity contribution in [3.8, 4) is 5.75 Å². The highest BCUT2D eigenvalue weighted by atomic mass is 32.2. The van der Waals surface area contributed by atoms with Gasteiger partial charge in [0.1, 0.15) is 5.75 Å². The van der Waals surface area contributed by atoms with Gasteiger partial charge in [-0.1, -0.05) is 48.5 Å². The summed E-state index contributed by atoms with van der Waals surface area (Å²) in [4.78, 5) is 12.6. The molecule has 0 aliphatic carbocycles. The van der Waals surface area contributed by atoms with E-state index in [1.54, 1.807) is 25.1 Å². The van der Waals surface area contributed by atoms with E-state index in [-0.39, 0.29) is 23.5 Å². The Bertz CT molecular complexity index is 1280. The molecule has 184 valence electrons. The highest BCUT2D eigenvalue weighted by molar-refractivity contribution is 7.92. The Morgan fingerprint density at radius 3 is 2.57 bits per heavy atom. The fourth-order valence-electron chi connectivity index (χ4n) is 4.38. The summed E-state index contributed by atoms with van der Waals surface area (Å²) in [5.41, 5.74) is 3.70. The number of hydrogen-bond donors (Lipinski definition) is 1. The van der Waals surface area contributed by atoms with Crippen molar-refractivity contribution in [3.05, 3.63) is 89.5 Å². The first-order valence-corrected chi connectivity index (χ1v) is 13.5. The summed E-state index contributed by atoms with van der Waals surface area (Å²) < 4.78 is 34.0. The third-order valence-electron chi connectivity index (χ3n) is 6.28. The molecular weight excluding hydrogens is 460 g/mol. The summed E-state index contributed by atoms with van der Waals surface area (Å²) in [6.45, 7) is 4.10. The molecule has 0 bridgehead atoms. The maximum Gasteiger partial charge on any atom is 0.264 e. The monoisotopic (exact) mass is 492 g/mol. The molecule has 0 fully saturated rings. The SMILES string of the molecule is Cc1cc(S(=O)(=O)N2CCCc3ccccc32)ccc1OCC(=O)N[C@@H](C)CCc1ccccc1. The second-order valence-electron chi connectivity index (χ2n) is 9.02. The number of anilines is 1. The molecule has 0 saturated heterocycles. The van der Waals surface area contributed by atoms with Crippen molar-refractivity contribution in [1.29, 1.82) is 0 Å². The fraction of sp³-hybridized carbons (Fsp3) is 0.321. The van der Waals surface area contributed by atoms with Crippen LogP contribution in [0.3, 0.4) is 0 Å². The van der Waals surface area contributed by atoms with E-state index in [2.05, 4.69) is 17.4 Å². The van der Waals surface area contributed by atoms with Gasteiger partial charge in [-0.3, -0.25) is 9.10 Å². The van der Waals surface area contributed by atoms with Gasteiger partial charge in [0.2, 0.25) is 0 Å². The molecule has 3 aromatic carbocycles. The molecule has 1 amide bonds. The molecule has 1 aliphatic rings. The summed E-state index contributed by atoms with van der Waals surface area (Å²) in [6, 6.07) is 22.6. The van der Waals surface area contributed by atoms with E-state index >= 15 is 0 Å². The Morgan fingerprint density at radius 1 is 1.06 bits per heavy atom. The van der Waals surface area contributed by atoms with Crippen molar-refractivity contribution in [2.24, 2.45) is 0 Å². The average molecular weight is 493 g/mol. The normalized spacial score (nSPS) is 14.2. The number of nitrogens with zero attached hydrogens (tertiary/aromatic N) is 1. The first kappa shape index (κ1) is 24.8. The third-order valence-corrected chi connectivity index (χ3v) is 8.09. The molecule has 7 heteroatoms. The van der Waals surface area contributed by atoms with E-state index in [1.807, 2.05) is 49.4 Å². The van der Waals surface area contributed by atoms with E-state index < -0.39 is 10.0 Å². The number of fused-ring (bicyclic) bond motifs is 1. The zero-order valence-corrected chi connectivity index (χ0v) is 21.1. The van der Waals surface area contributed by atoms with Gasteiger partial charge in [-0.05, 0) is 80.5 Å². The molecule has 1 N–H and O–H groups in total. The Kier molecular flexibility index (Phi) is 7.76. The van der Waals surface area contributed by atoms with Gasteiger partial charge < -0.3 is 10.1 Å². The molecule has 0 unspecified atom stereocenters. The van der Waals surface area contributed by atoms with E-state index in [0.717, 1.165) is 36.9 Å². The van der Waals surface area contributed by atoms with Gasteiger partial charge >= 0.3 is 0 Å². The van der Waals surface area contributed by atoms with Crippen molar-refractivity contribution in [2.75, 3.05) is 17.5 Å². The topological polar surface area (TPSA) is 75.7 Å². The lowest BCUT2D eigenvalue weighted by Gasteiger charge is -2.30. The standard InChI is InChI=1S/C28H32N2O4S/c1-21-19-25(35(32,33)30-18-8-12-24-11-6-7-13-26(24)30)16-17-27(21)34-20-28(31)29-22(2)14-15-23-9-4-3-5-10-23/h3-7,9-11,13,16-17,19,22H,8,12,14-15,18,20H2,1-2H3,(H,29,31)/t22-/m0/s1. The Balaban J connectivity index is 1.35. The summed E-state index contributed by atoms with van der Waals surface area (Å²) in [6.07, 6.45) is 3.39. The van der Waals surface area contributed by atoms with E-state index in [9.17, 15) is 13.2 Å². The minimum atomic E-state index is -3.69. The van der Waals surface area contributed by atoms with Gasteiger partial charge in [-0.15, -0.1) is 0 Å². The molecule has 6 nitrogen and oxygen atoms in total. The summed E-state index contributed by atoms with van der Waals surface area (Å²) in [5, 5.41) is 2.96. The number of benzene rings is 3. The van der Waals surface area contributed by atoms with Crippen LogP contribution in [0.1, 0.15) is 36.5 Å². The zero-order chi connectivity index (χ0) is 24.8. The Morgan fingerprint density at radius 2 is 1.80 bits per heavy atom. The number of rotatable bonds is 9. The summed E-state index contributed by atoms with van der Waals surface area (Å²) >= 11 is 0. The molecule has 0 radical (unpaired) electrons. The van der Waals surface area contributed by atoms with Crippen LogP contribution in [0.5, 0.6) is 5.75 Å². The van der Waals surface area contributed by atoms with Gasteiger partial charge in [0.15, 0.2) is 6.61 Å². The lowest BCUT2D eigenvalue weighted by Crippen LogP contribution is -2.36. The van der Waals surface area contributed by atoms with Gasteiger partial charge in [0.05, 0.1) is 10.6 Å². The molecule has 0 spiro atoms. The number of amides is 1. The number of carbonyl (C=O) groups is 1. The Labute approximate surface area is 208 Å². The van der Waals surface area contributed by atoms with Crippen LogP contribution in [0.2, 0.25) is 0 Å². The lowest BCUT2D eigenvalue weighted by atomic mass is 10.0. The van der Waals surface area contributed by atoms with Crippen molar-refractivity contribution < 1.29 is 17.9 Å². The number of ether oxygens (including phenoxy) is 1. The Hall–Kier alpha value is -3.32. The predicted molar refractivity (Wildman–Crippen MR) is 138 cm³/mol. The van der Waals surface area contributed by atoms with Gasteiger partial charge in [-0.25, -0.2) is 8.42 Å². The van der Waals surface area contributed by atoms with Crippen LogP contribution >= 0.6 is 0 Å². The maximum atomic E-state index is 13.4. The third kappa shape index (κ3) is 6.03. The average Bonchev–Trinajstić information content (AvgIpc) is 2.87. The zero-order valence-electron chi connectivity index (χ0n) is 20.2. The predicted octanol–water partition coefficient (Wildman–Crippen LogP) is 4.65. The van der Waals surface area contributed by atoms with Gasteiger partial charge in [0.25, 0.3) is 15.9 Å². The highest BCUT2D eigenvalue weighted by Crippen LogP contribution is 2.33. The minimum Gasteiger partial charge on any atom is -0.484 e. The quantitative estimate of drug-likeness (QED) is 0.472. The smallest absolute Gasteiger partial charge is 0.264 e. The summed E-state index contributed by atoms with van der Waals surface area (Å²) in [5.74, 6) is 0.293. The van der Waals surface area contributed by atoms with Crippen LogP contribution in [0.4, 0.5) is 5.69 Å². The number of hydrogen-bond acceptors (Lipinski definition) is 4.